The fraction of sp³-hybridized carbons (Fsp3) is 0.103. The topological polar surface area (TPSA) is 55.8 Å². The van der Waals surface area contributed by atoms with E-state index in [9.17, 15) is 9.59 Å². The predicted octanol–water partition coefficient (Wildman–Crippen LogP) is 8.08. The van der Waals surface area contributed by atoms with Crippen molar-refractivity contribution in [2.75, 3.05) is 7.11 Å². The number of carbonyl (C=O) groups excluding carboxylic acids is 2. The van der Waals surface area contributed by atoms with Crippen molar-refractivity contribution in [2.24, 2.45) is 0 Å². The summed E-state index contributed by atoms with van der Waals surface area (Å²) in [5.74, 6) is 0.737. The molecule has 0 radical (unpaired) electrons. The Morgan fingerprint density at radius 2 is 1.73 bits per heavy atom. The summed E-state index contributed by atoms with van der Waals surface area (Å²) in [5, 5.41) is 2.46. The Bertz CT molecular complexity index is 1530. The number of thioether (sulfide) groups is 1. The molecule has 5 nitrogen and oxygen atoms in total. The van der Waals surface area contributed by atoms with E-state index < -0.39 is 0 Å². The average molecular weight is 595 g/mol. The number of halogens is 2. The van der Waals surface area contributed by atoms with Crippen LogP contribution in [0.25, 0.3) is 16.8 Å². The molecule has 0 spiro atoms. The fourth-order valence-corrected chi connectivity index (χ4v) is 5.45. The number of methoxy groups -OCH3 is 1. The van der Waals surface area contributed by atoms with Gasteiger partial charge in [0.2, 0.25) is 0 Å². The third kappa shape index (κ3) is 5.54. The van der Waals surface area contributed by atoms with Crippen molar-refractivity contribution >= 4 is 67.3 Å². The van der Waals surface area contributed by atoms with Crippen molar-refractivity contribution in [2.45, 2.75) is 13.2 Å². The lowest BCUT2D eigenvalue weighted by Crippen LogP contribution is -2.27. The Morgan fingerprint density at radius 3 is 2.51 bits per heavy atom. The molecule has 1 heterocycles. The molecular weight excluding hydrogens is 574 g/mol. The van der Waals surface area contributed by atoms with Gasteiger partial charge in [0.15, 0.2) is 11.5 Å². The Kier molecular flexibility index (Phi) is 7.55. The maximum atomic E-state index is 13.2. The number of rotatable bonds is 7. The fourth-order valence-electron chi connectivity index (χ4n) is 4.05. The van der Waals surface area contributed by atoms with Crippen LogP contribution in [0.1, 0.15) is 16.7 Å². The van der Waals surface area contributed by atoms with Crippen LogP contribution in [0.3, 0.4) is 0 Å². The molecule has 4 aromatic carbocycles. The van der Waals surface area contributed by atoms with Gasteiger partial charge < -0.3 is 9.47 Å². The van der Waals surface area contributed by atoms with E-state index in [4.69, 9.17) is 21.1 Å². The highest BCUT2D eigenvalue weighted by Crippen LogP contribution is 2.39. The molecule has 0 saturated carbocycles. The number of ether oxygens (including phenoxy) is 2. The van der Waals surface area contributed by atoms with Crippen molar-refractivity contribution in [3.8, 4) is 11.5 Å². The van der Waals surface area contributed by atoms with Gasteiger partial charge in [-0.25, -0.2) is 0 Å². The number of imide groups is 1. The molecule has 1 saturated heterocycles. The maximum Gasteiger partial charge on any atom is 0.293 e. The minimum atomic E-state index is -0.322. The molecule has 2 amide bonds. The molecule has 1 fully saturated rings. The second-order valence-corrected chi connectivity index (χ2v) is 10.6. The Labute approximate surface area is 232 Å². The molecule has 1 aliphatic rings. The SMILES string of the molecule is COc1cc(/C=C2/SC(=O)N(Cc3cccc4ccccc34)C2=O)c(Br)cc1OCc1ccc(Cl)cc1. The van der Waals surface area contributed by atoms with Crippen LogP contribution < -0.4 is 9.47 Å². The molecule has 8 heteroatoms. The van der Waals surface area contributed by atoms with Gasteiger partial charge in [-0.05, 0) is 69.6 Å². The summed E-state index contributed by atoms with van der Waals surface area (Å²) >= 11 is 10.5. The molecule has 4 aromatic rings. The van der Waals surface area contributed by atoms with Crippen LogP contribution in [-0.2, 0) is 17.9 Å². The molecule has 5 rings (SSSR count). The van der Waals surface area contributed by atoms with E-state index in [-0.39, 0.29) is 17.7 Å². The second-order valence-electron chi connectivity index (χ2n) is 8.35. The zero-order valence-electron chi connectivity index (χ0n) is 19.7. The van der Waals surface area contributed by atoms with Crippen LogP contribution in [-0.4, -0.2) is 23.2 Å². The van der Waals surface area contributed by atoms with E-state index in [1.807, 2.05) is 66.7 Å². The first-order valence-corrected chi connectivity index (χ1v) is 13.4. The van der Waals surface area contributed by atoms with Crippen LogP contribution in [0.15, 0.2) is 88.2 Å². The van der Waals surface area contributed by atoms with Gasteiger partial charge in [-0.3, -0.25) is 14.5 Å². The second kappa shape index (κ2) is 11.0. The molecule has 0 atom stereocenters. The number of fused-ring (bicyclic) bond motifs is 1. The monoisotopic (exact) mass is 593 g/mol. The summed E-state index contributed by atoms with van der Waals surface area (Å²) in [6.45, 7) is 0.553. The lowest BCUT2D eigenvalue weighted by atomic mass is 10.0. The Hall–Kier alpha value is -3.26. The number of hydrogen-bond acceptors (Lipinski definition) is 5. The number of amides is 2. The minimum absolute atomic E-state index is 0.214. The van der Waals surface area contributed by atoms with Gasteiger partial charge in [0.25, 0.3) is 11.1 Å². The maximum absolute atomic E-state index is 13.2. The summed E-state index contributed by atoms with van der Waals surface area (Å²) in [5.41, 5.74) is 2.59. The lowest BCUT2D eigenvalue weighted by Gasteiger charge is -2.14. The predicted molar refractivity (Wildman–Crippen MR) is 152 cm³/mol. The number of carbonyl (C=O) groups is 2. The summed E-state index contributed by atoms with van der Waals surface area (Å²) in [6.07, 6.45) is 1.70. The van der Waals surface area contributed by atoms with Crippen molar-refractivity contribution in [1.29, 1.82) is 0 Å². The third-order valence-electron chi connectivity index (χ3n) is 5.96. The van der Waals surface area contributed by atoms with Gasteiger partial charge in [-0.1, -0.05) is 82.1 Å². The van der Waals surface area contributed by atoms with Crippen molar-refractivity contribution in [3.05, 3.63) is 110 Å². The summed E-state index contributed by atoms with van der Waals surface area (Å²) < 4.78 is 12.2. The third-order valence-corrected chi connectivity index (χ3v) is 7.81. The molecule has 186 valence electrons. The van der Waals surface area contributed by atoms with Crippen LogP contribution in [0.4, 0.5) is 4.79 Å². The van der Waals surface area contributed by atoms with Crippen LogP contribution >= 0.6 is 39.3 Å². The van der Waals surface area contributed by atoms with Gasteiger partial charge in [0.05, 0.1) is 18.6 Å². The highest BCUT2D eigenvalue weighted by molar-refractivity contribution is 9.10. The van der Waals surface area contributed by atoms with Gasteiger partial charge in [0, 0.05) is 9.50 Å². The average Bonchev–Trinajstić information content (AvgIpc) is 3.17. The largest absolute Gasteiger partial charge is 0.493 e. The highest BCUT2D eigenvalue weighted by atomic mass is 79.9. The van der Waals surface area contributed by atoms with Crippen LogP contribution in [0.2, 0.25) is 5.02 Å². The molecule has 0 unspecified atom stereocenters. The number of hydrogen-bond donors (Lipinski definition) is 0. The van der Waals surface area contributed by atoms with E-state index in [0.717, 1.165) is 33.7 Å². The molecule has 0 aliphatic carbocycles. The smallest absolute Gasteiger partial charge is 0.293 e. The van der Waals surface area contributed by atoms with Gasteiger partial charge in [-0.2, -0.15) is 0 Å². The summed E-state index contributed by atoms with van der Waals surface area (Å²) in [4.78, 5) is 27.6. The standard InChI is InChI=1S/C29H21BrClNO4S/c1-35-25-13-21(24(30)15-26(25)36-17-18-9-11-22(31)12-10-18)14-27-28(33)32(29(34)37-27)16-20-7-4-6-19-5-2-3-8-23(19)20/h2-15H,16-17H2,1H3/b27-14+. The zero-order valence-corrected chi connectivity index (χ0v) is 22.9. The van der Waals surface area contributed by atoms with Crippen LogP contribution in [0.5, 0.6) is 11.5 Å². The molecule has 0 N–H and O–H groups in total. The van der Waals surface area contributed by atoms with Gasteiger partial charge in [0.1, 0.15) is 6.61 Å². The molecule has 37 heavy (non-hydrogen) atoms. The Balaban J connectivity index is 1.36. The first-order chi connectivity index (χ1) is 17.9. The van der Waals surface area contributed by atoms with Crippen LogP contribution in [0, 0.1) is 0 Å². The van der Waals surface area contributed by atoms with E-state index >= 15 is 0 Å². The molecule has 0 bridgehead atoms. The number of nitrogens with zero attached hydrogens (tertiary/aromatic N) is 1. The van der Waals surface area contributed by atoms with Gasteiger partial charge >= 0.3 is 0 Å². The van der Waals surface area contributed by atoms with E-state index in [1.165, 1.54) is 4.90 Å². The summed E-state index contributed by atoms with van der Waals surface area (Å²) in [6, 6.07) is 24.8. The van der Waals surface area contributed by atoms with E-state index in [2.05, 4.69) is 15.9 Å². The van der Waals surface area contributed by atoms with E-state index in [1.54, 1.807) is 25.3 Å². The van der Waals surface area contributed by atoms with Crippen molar-refractivity contribution in [3.63, 3.8) is 0 Å². The zero-order chi connectivity index (χ0) is 25.9. The molecule has 1 aliphatic heterocycles. The lowest BCUT2D eigenvalue weighted by molar-refractivity contribution is -0.123. The first kappa shape index (κ1) is 25.4. The quantitative estimate of drug-likeness (QED) is 0.203. The van der Waals surface area contributed by atoms with Gasteiger partial charge in [-0.15, -0.1) is 0 Å². The minimum Gasteiger partial charge on any atom is -0.493 e. The number of benzene rings is 4. The molecule has 0 aromatic heterocycles. The highest BCUT2D eigenvalue weighted by Gasteiger charge is 2.35. The normalized spacial score (nSPS) is 14.6. The summed E-state index contributed by atoms with van der Waals surface area (Å²) in [7, 11) is 1.56. The molecular formula is C29H21BrClNO4S. The Morgan fingerprint density at radius 1 is 0.973 bits per heavy atom. The van der Waals surface area contributed by atoms with Crippen molar-refractivity contribution in [1.82, 2.24) is 4.90 Å². The first-order valence-electron chi connectivity index (χ1n) is 11.4. The van der Waals surface area contributed by atoms with Crippen molar-refractivity contribution < 1.29 is 19.1 Å². The van der Waals surface area contributed by atoms with E-state index in [0.29, 0.717) is 38.1 Å².